The second kappa shape index (κ2) is 11.9. The van der Waals surface area contributed by atoms with Crippen molar-refractivity contribution in [2.24, 2.45) is 0 Å². The summed E-state index contributed by atoms with van der Waals surface area (Å²) in [4.78, 5) is 36.4. The Hall–Kier alpha value is -4.27. The number of alkyl carbamates (subject to hydrolysis) is 1. The number of amides is 2. The van der Waals surface area contributed by atoms with Crippen LogP contribution in [-0.4, -0.2) is 41.3 Å². The Balaban J connectivity index is 1.50. The van der Waals surface area contributed by atoms with Crippen LogP contribution in [0.4, 0.5) is 10.5 Å². The second-order valence-corrected chi connectivity index (χ2v) is 9.02. The molecule has 0 aliphatic rings. The SMILES string of the molecule is COC(=O)[C@H](CCC(=O)Nc1ccc(Oc2ccc(-n3cccc3)cc2)cc1)NC(=O)OC(C)(C)C. The predicted molar refractivity (Wildman–Crippen MR) is 135 cm³/mol. The third-order valence-electron chi connectivity index (χ3n) is 4.95. The fourth-order valence-electron chi connectivity index (χ4n) is 3.28. The molecule has 0 saturated heterocycles. The van der Waals surface area contributed by atoms with Gasteiger partial charge in [0.2, 0.25) is 5.91 Å². The van der Waals surface area contributed by atoms with Gasteiger partial charge < -0.3 is 29.4 Å². The number of rotatable bonds is 9. The molecule has 3 aromatic rings. The number of hydrogen-bond donors (Lipinski definition) is 2. The van der Waals surface area contributed by atoms with Crippen molar-refractivity contribution < 1.29 is 28.6 Å². The van der Waals surface area contributed by atoms with Crippen LogP contribution in [0, 0.1) is 0 Å². The first kappa shape index (κ1) is 26.3. The zero-order chi connectivity index (χ0) is 26.1. The Bertz CT molecular complexity index is 1150. The van der Waals surface area contributed by atoms with Crippen molar-refractivity contribution in [2.75, 3.05) is 12.4 Å². The molecule has 0 aliphatic heterocycles. The van der Waals surface area contributed by atoms with Crippen molar-refractivity contribution in [2.45, 2.75) is 45.3 Å². The summed E-state index contributed by atoms with van der Waals surface area (Å²) in [5, 5.41) is 5.22. The van der Waals surface area contributed by atoms with E-state index < -0.39 is 23.7 Å². The first-order valence-electron chi connectivity index (χ1n) is 11.5. The van der Waals surface area contributed by atoms with Gasteiger partial charge in [-0.1, -0.05) is 0 Å². The summed E-state index contributed by atoms with van der Waals surface area (Å²) in [6.45, 7) is 5.14. The summed E-state index contributed by atoms with van der Waals surface area (Å²) in [5.74, 6) is 0.337. The number of anilines is 1. The molecule has 0 fully saturated rings. The number of nitrogens with zero attached hydrogens (tertiary/aromatic N) is 1. The summed E-state index contributed by atoms with van der Waals surface area (Å²) < 4.78 is 17.8. The van der Waals surface area contributed by atoms with Crippen molar-refractivity contribution in [3.8, 4) is 17.2 Å². The minimum Gasteiger partial charge on any atom is -0.467 e. The average molecular weight is 494 g/mol. The van der Waals surface area contributed by atoms with E-state index in [0.717, 1.165) is 5.69 Å². The van der Waals surface area contributed by atoms with E-state index in [1.807, 2.05) is 53.4 Å². The number of carbonyl (C=O) groups is 3. The standard InChI is InChI=1S/C27H31N3O6/c1-27(2,3)36-26(33)29-23(25(32)34-4)15-16-24(31)28-19-7-11-21(12-8-19)35-22-13-9-20(10-14-22)30-17-5-6-18-30/h5-14,17-18,23H,15-16H2,1-4H3,(H,28,31)(H,29,33)/t23-/m0/s1. The quantitative estimate of drug-likeness (QED) is 0.404. The Kier molecular flexibility index (Phi) is 8.72. The molecule has 0 radical (unpaired) electrons. The molecule has 9 heteroatoms. The maximum absolute atomic E-state index is 12.4. The highest BCUT2D eigenvalue weighted by molar-refractivity contribution is 5.91. The first-order valence-corrected chi connectivity index (χ1v) is 11.5. The molecule has 0 saturated carbocycles. The van der Waals surface area contributed by atoms with Crippen LogP contribution in [0.5, 0.6) is 11.5 Å². The van der Waals surface area contributed by atoms with Gasteiger partial charge in [-0.3, -0.25) is 4.79 Å². The van der Waals surface area contributed by atoms with Gasteiger partial charge in [0.25, 0.3) is 0 Å². The Morgan fingerprint density at radius 2 is 1.50 bits per heavy atom. The molecular weight excluding hydrogens is 462 g/mol. The smallest absolute Gasteiger partial charge is 0.408 e. The number of hydrogen-bond acceptors (Lipinski definition) is 6. The number of benzene rings is 2. The number of nitrogens with one attached hydrogen (secondary N) is 2. The van der Waals surface area contributed by atoms with Gasteiger partial charge in [0.1, 0.15) is 23.1 Å². The highest BCUT2D eigenvalue weighted by Crippen LogP contribution is 2.24. The molecule has 9 nitrogen and oxygen atoms in total. The largest absolute Gasteiger partial charge is 0.467 e. The molecule has 2 aromatic carbocycles. The van der Waals surface area contributed by atoms with E-state index in [-0.39, 0.29) is 18.7 Å². The van der Waals surface area contributed by atoms with Gasteiger partial charge >= 0.3 is 12.1 Å². The molecule has 0 bridgehead atoms. The van der Waals surface area contributed by atoms with Crippen LogP contribution in [0.25, 0.3) is 5.69 Å². The van der Waals surface area contributed by atoms with Gasteiger partial charge in [-0.25, -0.2) is 9.59 Å². The van der Waals surface area contributed by atoms with E-state index in [0.29, 0.717) is 17.2 Å². The van der Waals surface area contributed by atoms with E-state index >= 15 is 0 Å². The monoisotopic (exact) mass is 493 g/mol. The maximum Gasteiger partial charge on any atom is 0.408 e. The lowest BCUT2D eigenvalue weighted by molar-refractivity contribution is -0.143. The van der Waals surface area contributed by atoms with Crippen LogP contribution >= 0.6 is 0 Å². The topological polar surface area (TPSA) is 108 Å². The number of aromatic nitrogens is 1. The summed E-state index contributed by atoms with van der Waals surface area (Å²) >= 11 is 0. The normalized spacial score (nSPS) is 11.8. The lowest BCUT2D eigenvalue weighted by atomic mass is 10.1. The molecule has 190 valence electrons. The summed E-state index contributed by atoms with van der Waals surface area (Å²) in [6, 6.07) is 17.5. The van der Waals surface area contributed by atoms with Crippen LogP contribution in [-0.2, 0) is 19.1 Å². The fraction of sp³-hybridized carbons (Fsp3) is 0.296. The van der Waals surface area contributed by atoms with Crippen LogP contribution in [0.15, 0.2) is 73.1 Å². The first-order chi connectivity index (χ1) is 17.1. The van der Waals surface area contributed by atoms with Gasteiger partial charge in [-0.05, 0) is 87.9 Å². The molecule has 0 aliphatic carbocycles. The number of esters is 1. The van der Waals surface area contributed by atoms with Crippen molar-refractivity contribution in [1.82, 2.24) is 9.88 Å². The highest BCUT2D eigenvalue weighted by atomic mass is 16.6. The van der Waals surface area contributed by atoms with Gasteiger partial charge in [0.15, 0.2) is 0 Å². The summed E-state index contributed by atoms with van der Waals surface area (Å²) in [5.41, 5.74) is 0.885. The number of carbonyl (C=O) groups excluding carboxylic acids is 3. The molecule has 0 spiro atoms. The third-order valence-corrected chi connectivity index (χ3v) is 4.95. The predicted octanol–water partition coefficient (Wildman–Crippen LogP) is 5.05. The third kappa shape index (κ3) is 8.19. The average Bonchev–Trinajstić information content (AvgIpc) is 3.37. The van der Waals surface area contributed by atoms with Crippen molar-refractivity contribution >= 4 is 23.7 Å². The van der Waals surface area contributed by atoms with Crippen LogP contribution in [0.1, 0.15) is 33.6 Å². The minimum absolute atomic E-state index is 0.0123. The van der Waals surface area contributed by atoms with Gasteiger partial charge in [0, 0.05) is 30.2 Å². The van der Waals surface area contributed by atoms with Crippen LogP contribution < -0.4 is 15.4 Å². The maximum atomic E-state index is 12.4. The zero-order valence-electron chi connectivity index (χ0n) is 20.8. The molecule has 36 heavy (non-hydrogen) atoms. The lowest BCUT2D eigenvalue weighted by Crippen LogP contribution is -2.44. The fourth-order valence-corrected chi connectivity index (χ4v) is 3.28. The van der Waals surface area contributed by atoms with Gasteiger partial charge in [-0.15, -0.1) is 0 Å². The highest BCUT2D eigenvalue weighted by Gasteiger charge is 2.25. The lowest BCUT2D eigenvalue weighted by Gasteiger charge is -2.22. The molecule has 2 N–H and O–H groups in total. The van der Waals surface area contributed by atoms with Crippen molar-refractivity contribution in [1.29, 1.82) is 0 Å². The molecule has 3 rings (SSSR count). The van der Waals surface area contributed by atoms with E-state index in [1.165, 1.54) is 7.11 Å². The summed E-state index contributed by atoms with van der Waals surface area (Å²) in [6.07, 6.45) is 3.22. The van der Waals surface area contributed by atoms with Gasteiger partial charge in [0.05, 0.1) is 7.11 Å². The van der Waals surface area contributed by atoms with E-state index in [4.69, 9.17) is 14.2 Å². The van der Waals surface area contributed by atoms with E-state index in [1.54, 1.807) is 45.0 Å². The van der Waals surface area contributed by atoms with Crippen molar-refractivity contribution in [3.05, 3.63) is 73.1 Å². The Morgan fingerprint density at radius 1 is 0.917 bits per heavy atom. The molecule has 1 aromatic heterocycles. The van der Waals surface area contributed by atoms with Gasteiger partial charge in [-0.2, -0.15) is 0 Å². The zero-order valence-corrected chi connectivity index (χ0v) is 20.8. The second-order valence-electron chi connectivity index (χ2n) is 9.02. The van der Waals surface area contributed by atoms with Crippen LogP contribution in [0.2, 0.25) is 0 Å². The minimum atomic E-state index is -1.00. The van der Waals surface area contributed by atoms with E-state index in [2.05, 4.69) is 10.6 Å². The molecule has 2 amide bonds. The Labute approximate surface area is 210 Å². The van der Waals surface area contributed by atoms with Crippen LogP contribution in [0.3, 0.4) is 0 Å². The summed E-state index contributed by atoms with van der Waals surface area (Å²) in [7, 11) is 1.21. The molecule has 1 heterocycles. The number of methoxy groups -OCH3 is 1. The molecule has 0 unspecified atom stereocenters. The number of ether oxygens (including phenoxy) is 3. The Morgan fingerprint density at radius 3 is 2.06 bits per heavy atom. The molecular formula is C27H31N3O6. The van der Waals surface area contributed by atoms with Crippen molar-refractivity contribution in [3.63, 3.8) is 0 Å². The van der Waals surface area contributed by atoms with E-state index in [9.17, 15) is 14.4 Å². The molecule has 1 atom stereocenters.